The first-order chi connectivity index (χ1) is 18.5. The largest absolute Gasteiger partial charge is 0.401 e. The number of urea groups is 1. The van der Waals surface area contributed by atoms with Crippen molar-refractivity contribution in [1.82, 2.24) is 30.3 Å². The highest BCUT2D eigenvalue weighted by atomic mass is 19.4. The van der Waals surface area contributed by atoms with Crippen molar-refractivity contribution in [2.75, 3.05) is 19.6 Å². The zero-order chi connectivity index (χ0) is 27.6. The van der Waals surface area contributed by atoms with Gasteiger partial charge in [-0.25, -0.2) is 9.18 Å². The molecule has 6 rings (SSSR count). The second kappa shape index (κ2) is 9.19. The Labute approximate surface area is 223 Å². The Morgan fingerprint density at radius 2 is 1.85 bits per heavy atom. The van der Waals surface area contributed by atoms with Crippen LogP contribution in [0.3, 0.4) is 0 Å². The minimum Gasteiger partial charge on any atom is -0.356 e. The van der Waals surface area contributed by atoms with E-state index in [1.54, 1.807) is 30.0 Å². The van der Waals surface area contributed by atoms with Crippen molar-refractivity contribution in [3.63, 3.8) is 0 Å². The molecular formula is C27H32F4N6O2. The van der Waals surface area contributed by atoms with E-state index in [1.165, 1.54) is 4.57 Å². The maximum atomic E-state index is 15.1. The number of nitrogens with one attached hydrogen (secondary N) is 2. The molecule has 2 N–H and O–H groups in total. The molecule has 1 aliphatic carbocycles. The fraction of sp³-hybridized carbons (Fsp3) is 0.630. The predicted molar refractivity (Wildman–Crippen MR) is 132 cm³/mol. The molecule has 1 aromatic heterocycles. The highest BCUT2D eigenvalue weighted by Crippen LogP contribution is 2.59. The first-order valence-electron chi connectivity index (χ1n) is 13.6. The molecule has 0 unspecified atom stereocenters. The molecule has 3 aliphatic heterocycles. The van der Waals surface area contributed by atoms with Crippen LogP contribution in [0.25, 0.3) is 0 Å². The van der Waals surface area contributed by atoms with E-state index >= 15 is 4.39 Å². The molecule has 12 heteroatoms. The van der Waals surface area contributed by atoms with Gasteiger partial charge in [0.1, 0.15) is 17.1 Å². The van der Waals surface area contributed by atoms with Gasteiger partial charge in [0.05, 0.1) is 11.5 Å². The molecule has 210 valence electrons. The van der Waals surface area contributed by atoms with E-state index in [9.17, 15) is 22.8 Å². The lowest BCUT2D eigenvalue weighted by molar-refractivity contribution is -0.163. The van der Waals surface area contributed by atoms with Crippen molar-refractivity contribution in [2.24, 2.45) is 5.41 Å². The number of piperidine rings is 1. The maximum Gasteiger partial charge on any atom is 0.401 e. The third kappa shape index (κ3) is 4.26. The predicted octanol–water partition coefficient (Wildman–Crippen LogP) is 4.25. The lowest BCUT2D eigenvalue weighted by atomic mass is 9.77. The van der Waals surface area contributed by atoms with Gasteiger partial charge < -0.3 is 20.1 Å². The van der Waals surface area contributed by atoms with E-state index in [2.05, 4.69) is 20.8 Å². The van der Waals surface area contributed by atoms with Gasteiger partial charge in [-0.3, -0.25) is 4.79 Å². The molecule has 0 bridgehead atoms. The van der Waals surface area contributed by atoms with Crippen LogP contribution in [0.15, 0.2) is 18.2 Å². The van der Waals surface area contributed by atoms with Gasteiger partial charge in [0.2, 0.25) is 5.91 Å². The fourth-order valence-electron chi connectivity index (χ4n) is 6.62. The Hall–Kier alpha value is -3.18. The van der Waals surface area contributed by atoms with E-state index in [4.69, 9.17) is 0 Å². The van der Waals surface area contributed by atoms with Gasteiger partial charge in [-0.1, -0.05) is 18.2 Å². The Bertz CT molecular complexity index is 1300. The number of likely N-dealkylation sites (tertiary alicyclic amines) is 1. The van der Waals surface area contributed by atoms with Gasteiger partial charge in [0, 0.05) is 32.1 Å². The van der Waals surface area contributed by atoms with Gasteiger partial charge in [-0.15, -0.1) is 10.2 Å². The number of hydrogen-bond donors (Lipinski definition) is 2. The maximum absolute atomic E-state index is 15.1. The van der Waals surface area contributed by atoms with Crippen molar-refractivity contribution in [3.05, 3.63) is 46.8 Å². The molecule has 2 aromatic rings. The van der Waals surface area contributed by atoms with E-state index in [0.717, 1.165) is 6.42 Å². The van der Waals surface area contributed by atoms with Crippen molar-refractivity contribution in [3.8, 4) is 0 Å². The number of aromatic nitrogens is 3. The summed E-state index contributed by atoms with van der Waals surface area (Å²) in [5, 5.41) is 14.1. The molecule has 1 saturated carbocycles. The van der Waals surface area contributed by atoms with Crippen LogP contribution in [-0.2, 0) is 16.8 Å². The fourth-order valence-corrected chi connectivity index (χ4v) is 6.62. The van der Waals surface area contributed by atoms with Crippen LogP contribution >= 0.6 is 0 Å². The zero-order valence-electron chi connectivity index (χ0n) is 21.8. The number of aryl methyl sites for hydroxylation is 1. The molecule has 4 aliphatic rings. The minimum absolute atomic E-state index is 0.0417. The summed E-state index contributed by atoms with van der Waals surface area (Å²) in [4.78, 5) is 27.3. The number of carbonyl (C=O) groups is 2. The summed E-state index contributed by atoms with van der Waals surface area (Å²) in [6.07, 6.45) is -1.90. The van der Waals surface area contributed by atoms with Crippen molar-refractivity contribution in [2.45, 2.75) is 82.0 Å². The molecule has 8 nitrogen and oxygen atoms in total. The smallest absolute Gasteiger partial charge is 0.356 e. The number of carbonyl (C=O) groups excluding carboxylic acids is 2. The molecule has 0 radical (unpaired) electrons. The summed E-state index contributed by atoms with van der Waals surface area (Å²) in [5.74, 6) is -0.610. The number of hydrogen-bond acceptors (Lipinski definition) is 4. The van der Waals surface area contributed by atoms with Gasteiger partial charge in [-0.2, -0.15) is 13.2 Å². The summed E-state index contributed by atoms with van der Waals surface area (Å²) in [6.45, 7) is 3.24. The molecule has 3 amide bonds. The number of nitrogens with zero attached hydrogens (tertiary/aromatic N) is 4. The zero-order valence-corrected chi connectivity index (χ0v) is 21.8. The number of halogens is 4. The molecule has 3 fully saturated rings. The van der Waals surface area contributed by atoms with Gasteiger partial charge >= 0.3 is 12.2 Å². The number of benzene rings is 1. The van der Waals surface area contributed by atoms with Crippen molar-refractivity contribution in [1.29, 1.82) is 0 Å². The Morgan fingerprint density at radius 1 is 1.10 bits per heavy atom. The second-order valence-electron chi connectivity index (χ2n) is 11.6. The summed E-state index contributed by atoms with van der Waals surface area (Å²) in [7, 11) is 0. The van der Waals surface area contributed by atoms with Crippen LogP contribution in [0.1, 0.15) is 79.7 Å². The Balaban J connectivity index is 1.28. The van der Waals surface area contributed by atoms with Crippen LogP contribution in [0.2, 0.25) is 0 Å². The third-order valence-electron chi connectivity index (χ3n) is 9.36. The number of alkyl halides is 3. The number of fused-ring (bicyclic) bond motifs is 1. The lowest BCUT2D eigenvalue weighted by Gasteiger charge is -2.37. The summed E-state index contributed by atoms with van der Waals surface area (Å²) >= 11 is 0. The molecular weight excluding hydrogens is 516 g/mol. The number of rotatable bonds is 3. The number of amides is 3. The molecule has 4 heterocycles. The molecule has 39 heavy (non-hydrogen) atoms. The van der Waals surface area contributed by atoms with E-state index in [-0.39, 0.29) is 48.8 Å². The van der Waals surface area contributed by atoms with Gasteiger partial charge in [0.25, 0.3) is 0 Å². The normalized spacial score (nSPS) is 25.7. The topological polar surface area (TPSA) is 92.2 Å². The summed E-state index contributed by atoms with van der Waals surface area (Å²) < 4.78 is 59.0. The van der Waals surface area contributed by atoms with Crippen LogP contribution in [0.4, 0.5) is 22.4 Å². The first-order valence-corrected chi connectivity index (χ1v) is 13.6. The Kier molecular flexibility index (Phi) is 6.14. The van der Waals surface area contributed by atoms with Crippen LogP contribution in [-0.4, -0.2) is 57.4 Å². The van der Waals surface area contributed by atoms with E-state index in [0.29, 0.717) is 56.4 Å². The van der Waals surface area contributed by atoms with E-state index < -0.39 is 29.0 Å². The molecule has 2 saturated heterocycles. The Morgan fingerprint density at radius 3 is 2.49 bits per heavy atom. The molecule has 1 spiro atoms. The molecule has 1 aromatic carbocycles. The first kappa shape index (κ1) is 26.1. The lowest BCUT2D eigenvalue weighted by Crippen LogP contribution is -2.50. The summed E-state index contributed by atoms with van der Waals surface area (Å²) in [5.41, 5.74) is -1.56. The second-order valence-corrected chi connectivity index (χ2v) is 11.6. The van der Waals surface area contributed by atoms with Crippen molar-refractivity contribution < 1.29 is 27.2 Å². The summed E-state index contributed by atoms with van der Waals surface area (Å²) in [6, 6.07) is 4.06. The third-order valence-corrected chi connectivity index (χ3v) is 9.36. The quantitative estimate of drug-likeness (QED) is 0.561. The van der Waals surface area contributed by atoms with Gasteiger partial charge in [-0.05, 0) is 63.0 Å². The standard InChI is InChI=1S/C27H32F4N6O2/c1-16-3-2-4-18(20(16)28)17-5-6-19(21-34-35-22(37(21)15-17)26(7-8-26)27(29,30)31)33-24(39)36-13-10-25(11-14-36)9-12-32-23(25)38/h2-4,17,19H,5-15H2,1H3,(H,32,38)(H,33,39)/t17-,19-/m1/s1. The van der Waals surface area contributed by atoms with Crippen LogP contribution in [0, 0.1) is 18.2 Å². The molecule has 2 atom stereocenters. The van der Waals surface area contributed by atoms with Crippen LogP contribution in [0.5, 0.6) is 0 Å². The SMILES string of the molecule is Cc1cccc([C@@H]2CC[C@@H](NC(=O)N3CCC4(CCNC4=O)CC3)c3nnc(C4(C(F)(F)F)CC4)n3C2)c1F. The van der Waals surface area contributed by atoms with Crippen molar-refractivity contribution >= 4 is 11.9 Å². The average Bonchev–Trinajstić information content (AvgIpc) is 3.56. The van der Waals surface area contributed by atoms with E-state index in [1.807, 2.05) is 0 Å². The highest BCUT2D eigenvalue weighted by Gasteiger charge is 2.67. The average molecular weight is 549 g/mol. The van der Waals surface area contributed by atoms with Crippen LogP contribution < -0.4 is 10.6 Å². The minimum atomic E-state index is -4.48. The monoisotopic (exact) mass is 548 g/mol. The van der Waals surface area contributed by atoms with Gasteiger partial charge in [0.15, 0.2) is 5.82 Å². The highest BCUT2D eigenvalue weighted by molar-refractivity contribution is 5.85.